The van der Waals surface area contributed by atoms with Gasteiger partial charge in [0.15, 0.2) is 22.3 Å². The first-order valence-electron chi connectivity index (χ1n) is 28.4. The summed E-state index contributed by atoms with van der Waals surface area (Å²) in [5.41, 5.74) is 2.06. The fraction of sp³-hybridized carbons (Fsp3) is 0.387. The number of rotatable bonds is 16. The van der Waals surface area contributed by atoms with E-state index in [4.69, 9.17) is 18.9 Å². The topological polar surface area (TPSA) is 239 Å². The number of hydrogen-bond acceptors (Lipinski definition) is 14. The molecule has 2 fully saturated rings. The minimum absolute atomic E-state index is 0.0150. The number of amides is 2. The number of imidazole rings is 2. The van der Waals surface area contributed by atoms with Crippen molar-refractivity contribution in [1.29, 1.82) is 0 Å². The number of halogens is 5. The molecule has 4 aromatic heterocycles. The van der Waals surface area contributed by atoms with E-state index in [1.807, 2.05) is 54.6 Å². The van der Waals surface area contributed by atoms with Gasteiger partial charge in [-0.2, -0.15) is 28.7 Å². The lowest BCUT2D eigenvalue weighted by Gasteiger charge is -2.27. The average molecular weight is 1210 g/mol. The largest absolute Gasteiger partial charge is 0.480 e. The molecule has 10 rings (SSSR count). The van der Waals surface area contributed by atoms with Gasteiger partial charge in [0.05, 0.1) is 25.7 Å². The maximum atomic E-state index is 14.6. The number of carboxylic acids is 2. The molecule has 8 aromatic rings. The number of aromatic nitrogens is 8. The number of para-hydroxylation sites is 1. The second kappa shape index (κ2) is 26.5. The van der Waals surface area contributed by atoms with Gasteiger partial charge in [0.2, 0.25) is 46.7 Å². The van der Waals surface area contributed by atoms with Crippen LogP contribution in [-0.2, 0) is 45.2 Å². The van der Waals surface area contributed by atoms with E-state index in [0.717, 1.165) is 52.6 Å². The SMILES string of the molecule is CC(C)(C)OC(=O)N(Cc1ccc(C2CCCCC2)cc1)c1nc(Oc2c(F)c(F)c(F)c(F)c2F)c2ncn(CC(=O)O)c2n1.CC(C)(C)OC(=O)N(Cc1ccc(C2CCCCC2)cc1)c1nc(Oc2ccccc2)c2ncn(CC(=O)O)c2n1. The van der Waals surface area contributed by atoms with Crippen LogP contribution in [0.15, 0.2) is 91.5 Å². The van der Waals surface area contributed by atoms with Gasteiger partial charge in [-0.15, -0.1) is 0 Å². The minimum Gasteiger partial charge on any atom is -0.480 e. The Morgan fingerprint density at radius 1 is 0.517 bits per heavy atom. The van der Waals surface area contributed by atoms with Crippen LogP contribution in [0.2, 0.25) is 0 Å². The van der Waals surface area contributed by atoms with Gasteiger partial charge >= 0.3 is 24.1 Å². The Bertz CT molecular complexity index is 3760. The lowest BCUT2D eigenvalue weighted by molar-refractivity contribution is -0.138. The number of nitrogens with zero attached hydrogens (tertiary/aromatic N) is 10. The molecule has 4 aromatic carbocycles. The molecule has 2 aliphatic rings. The van der Waals surface area contributed by atoms with Crippen LogP contribution in [0.25, 0.3) is 22.3 Å². The highest BCUT2D eigenvalue weighted by molar-refractivity contribution is 5.89. The average Bonchev–Trinajstić information content (AvgIpc) is 1.89. The number of ether oxygens (including phenoxy) is 4. The quantitative estimate of drug-likeness (QED) is 0.0519. The highest BCUT2D eigenvalue weighted by atomic mass is 19.2. The molecule has 0 saturated heterocycles. The zero-order valence-corrected chi connectivity index (χ0v) is 48.7. The van der Waals surface area contributed by atoms with Crippen molar-refractivity contribution < 1.29 is 70.3 Å². The molecule has 87 heavy (non-hydrogen) atoms. The third-order valence-electron chi connectivity index (χ3n) is 14.3. The fourth-order valence-electron chi connectivity index (χ4n) is 10.2. The van der Waals surface area contributed by atoms with E-state index in [0.29, 0.717) is 23.1 Å². The number of hydrogen-bond donors (Lipinski definition) is 2. The predicted molar refractivity (Wildman–Crippen MR) is 308 cm³/mol. The Morgan fingerprint density at radius 2 is 0.897 bits per heavy atom. The van der Waals surface area contributed by atoms with Crippen molar-refractivity contribution in [1.82, 2.24) is 39.0 Å². The van der Waals surface area contributed by atoms with Crippen LogP contribution in [0.1, 0.15) is 140 Å². The van der Waals surface area contributed by atoms with Crippen LogP contribution < -0.4 is 19.3 Å². The Kier molecular flexibility index (Phi) is 19.0. The van der Waals surface area contributed by atoms with Crippen LogP contribution in [0.5, 0.6) is 23.3 Å². The molecule has 0 bridgehead atoms. The van der Waals surface area contributed by atoms with Crippen LogP contribution in [0, 0.1) is 29.1 Å². The molecule has 0 spiro atoms. The van der Waals surface area contributed by atoms with Gasteiger partial charge < -0.3 is 38.3 Å². The molecule has 25 heteroatoms. The molecule has 0 atom stereocenters. The summed E-state index contributed by atoms with van der Waals surface area (Å²) < 4.78 is 95.8. The molecule has 20 nitrogen and oxygen atoms in total. The molecule has 0 aliphatic heterocycles. The summed E-state index contributed by atoms with van der Waals surface area (Å²) in [6.07, 6.45) is 12.6. The number of anilines is 2. The number of aliphatic carboxylic acids is 2. The lowest BCUT2D eigenvalue weighted by Crippen LogP contribution is -2.37. The van der Waals surface area contributed by atoms with E-state index in [-0.39, 0.29) is 53.8 Å². The van der Waals surface area contributed by atoms with Crippen molar-refractivity contribution in [3.63, 3.8) is 0 Å². The summed E-state index contributed by atoms with van der Waals surface area (Å²) in [6.45, 7) is 9.12. The molecule has 458 valence electrons. The van der Waals surface area contributed by atoms with Gasteiger partial charge in [-0.05, 0) is 113 Å². The highest BCUT2D eigenvalue weighted by Gasteiger charge is 2.33. The number of carboxylic acid groups (broad SMARTS) is 2. The van der Waals surface area contributed by atoms with Crippen molar-refractivity contribution in [3.8, 4) is 23.3 Å². The normalized spacial score (nSPS) is 14.1. The molecule has 2 aliphatic carbocycles. The second-order valence-electron chi connectivity index (χ2n) is 23.2. The Labute approximate surface area is 496 Å². The third-order valence-corrected chi connectivity index (χ3v) is 14.3. The number of carbonyl (C=O) groups excluding carboxylic acids is 2. The first-order chi connectivity index (χ1) is 41.4. The van der Waals surface area contributed by atoms with Gasteiger partial charge in [-0.3, -0.25) is 9.59 Å². The van der Waals surface area contributed by atoms with E-state index in [2.05, 4.69) is 42.0 Å². The highest BCUT2D eigenvalue weighted by Crippen LogP contribution is 2.38. The molecule has 0 unspecified atom stereocenters. The molecule has 4 heterocycles. The zero-order valence-electron chi connectivity index (χ0n) is 48.7. The number of fused-ring (bicyclic) bond motifs is 2. The maximum Gasteiger partial charge on any atom is 0.417 e. The fourth-order valence-corrected chi connectivity index (χ4v) is 10.2. The van der Waals surface area contributed by atoms with Crippen LogP contribution in [0.4, 0.5) is 43.4 Å². The summed E-state index contributed by atoms with van der Waals surface area (Å²) in [5.74, 6) is -15.2. The first kappa shape index (κ1) is 62.2. The monoisotopic (exact) mass is 1200 g/mol. The molecule has 0 radical (unpaired) electrons. The van der Waals surface area contributed by atoms with Crippen molar-refractivity contribution in [2.24, 2.45) is 0 Å². The molecular formula is C62H65F5N10O10. The zero-order chi connectivity index (χ0) is 62.3. The van der Waals surface area contributed by atoms with E-state index in [1.54, 1.807) is 53.7 Å². The smallest absolute Gasteiger partial charge is 0.417 e. The molecule has 2 saturated carbocycles. The van der Waals surface area contributed by atoms with Gasteiger partial charge in [0.25, 0.3) is 11.8 Å². The third kappa shape index (κ3) is 15.4. The lowest BCUT2D eigenvalue weighted by atomic mass is 9.84. The summed E-state index contributed by atoms with van der Waals surface area (Å²) in [6, 6.07) is 24.9. The predicted octanol–water partition coefficient (Wildman–Crippen LogP) is 14.1. The van der Waals surface area contributed by atoms with E-state index >= 15 is 0 Å². The van der Waals surface area contributed by atoms with Gasteiger partial charge in [0.1, 0.15) is 30.0 Å². The van der Waals surface area contributed by atoms with Gasteiger partial charge in [-0.25, -0.2) is 42.5 Å². The minimum atomic E-state index is -2.40. The van der Waals surface area contributed by atoms with Crippen molar-refractivity contribution in [3.05, 3.63) is 143 Å². The maximum absolute atomic E-state index is 14.6. The summed E-state index contributed by atoms with van der Waals surface area (Å²) >= 11 is 0. The first-order valence-corrected chi connectivity index (χ1v) is 28.4. The summed E-state index contributed by atoms with van der Waals surface area (Å²) in [5, 5.41) is 18.8. The van der Waals surface area contributed by atoms with E-state index < -0.39 is 88.5 Å². The Balaban J connectivity index is 0.000000209. The molecule has 2 N–H and O–H groups in total. The van der Waals surface area contributed by atoms with Crippen LogP contribution in [-0.4, -0.2) is 84.6 Å². The van der Waals surface area contributed by atoms with Gasteiger partial charge in [0, 0.05) is 0 Å². The second-order valence-corrected chi connectivity index (χ2v) is 23.2. The Hall–Kier alpha value is -9.29. The standard InChI is InChI=1S/C31H30F5N5O5.C31H35N5O5/c1-31(2,3)46-30(44)41(13-16-9-11-18(12-10-16)17-7-5-4-6-8-17)29-38-27-25(37-15-40(27)14-19(42)43)28(39-29)45-26-23(35)21(33)20(32)22(34)24(26)36;1-31(2,3)41-30(39)36(18-21-14-16-23(17-15-21)22-10-6-4-7-11-22)29-33-27-26(32-20-35(27)19-25(37)38)28(34-29)40-24-12-8-5-9-13-24/h9-12,15,17H,4-8,13-14H2,1-3H3,(H,42,43);5,8-9,12-17,20,22H,4,6-7,10-11,18-19H2,1-3H3,(H,37,38). The molecular weight excluding hydrogens is 1140 g/mol. The number of benzene rings is 4. The number of carbonyl (C=O) groups is 4. The van der Waals surface area contributed by atoms with Crippen molar-refractivity contribution in [2.45, 2.75) is 155 Å². The van der Waals surface area contributed by atoms with Crippen LogP contribution >= 0.6 is 0 Å². The van der Waals surface area contributed by atoms with Gasteiger partial charge in [-0.1, -0.05) is 105 Å². The van der Waals surface area contributed by atoms with E-state index in [1.165, 1.54) is 59.9 Å². The van der Waals surface area contributed by atoms with E-state index in [9.17, 15) is 51.3 Å². The summed E-state index contributed by atoms with van der Waals surface area (Å²) in [7, 11) is 0. The summed E-state index contributed by atoms with van der Waals surface area (Å²) in [4.78, 5) is 78.3. The molecule has 2 amide bonds. The Morgan fingerprint density at radius 3 is 1.28 bits per heavy atom. The van der Waals surface area contributed by atoms with Crippen molar-refractivity contribution in [2.75, 3.05) is 9.80 Å². The van der Waals surface area contributed by atoms with Crippen molar-refractivity contribution >= 4 is 58.3 Å². The van der Waals surface area contributed by atoms with Crippen LogP contribution in [0.3, 0.4) is 0 Å².